The number of alkyl halides is 3. The van der Waals surface area contributed by atoms with E-state index in [1.54, 1.807) is 17.5 Å². The average molecular weight is 415 g/mol. The molecule has 9 heteroatoms. The van der Waals surface area contributed by atoms with Gasteiger partial charge in [-0.1, -0.05) is 17.7 Å². The predicted molar refractivity (Wildman–Crippen MR) is 94.3 cm³/mol. The van der Waals surface area contributed by atoms with Crippen LogP contribution in [0.3, 0.4) is 0 Å². The second-order valence-electron chi connectivity index (χ2n) is 5.52. The normalized spacial score (nSPS) is 17.2. The highest BCUT2D eigenvalue weighted by Crippen LogP contribution is 2.43. The third-order valence-corrected chi connectivity index (χ3v) is 5.26. The molecule has 138 valence electrons. The molecule has 0 saturated carbocycles. The highest BCUT2D eigenvalue weighted by Gasteiger charge is 2.40. The van der Waals surface area contributed by atoms with Crippen LogP contribution in [0.15, 0.2) is 29.6 Å². The first kappa shape index (κ1) is 20.5. The lowest BCUT2D eigenvalue weighted by molar-refractivity contribution is -0.138. The van der Waals surface area contributed by atoms with Crippen molar-refractivity contribution < 1.29 is 17.6 Å². The van der Waals surface area contributed by atoms with E-state index in [4.69, 9.17) is 11.6 Å². The first-order valence-electron chi connectivity index (χ1n) is 7.43. The van der Waals surface area contributed by atoms with Crippen molar-refractivity contribution in [1.29, 1.82) is 0 Å². The molecule has 2 heterocycles. The maximum absolute atomic E-state index is 14.7. The zero-order chi connectivity index (χ0) is 17.3. The van der Waals surface area contributed by atoms with Gasteiger partial charge in [-0.05, 0) is 23.6 Å². The van der Waals surface area contributed by atoms with E-state index in [-0.39, 0.29) is 23.0 Å². The summed E-state index contributed by atoms with van der Waals surface area (Å²) in [7, 11) is 0. The quantitative estimate of drug-likeness (QED) is 0.712. The van der Waals surface area contributed by atoms with Crippen molar-refractivity contribution in [3.63, 3.8) is 0 Å². The molecule has 0 unspecified atom stereocenters. The van der Waals surface area contributed by atoms with E-state index in [1.807, 2.05) is 4.90 Å². The molecule has 2 nitrogen and oxygen atoms in total. The van der Waals surface area contributed by atoms with E-state index < -0.39 is 23.6 Å². The number of hydrogen-bond donors (Lipinski definition) is 1. The third kappa shape index (κ3) is 4.28. The summed E-state index contributed by atoms with van der Waals surface area (Å²) in [6, 6.07) is 4.51. The van der Waals surface area contributed by atoms with Crippen molar-refractivity contribution in [2.45, 2.75) is 12.2 Å². The van der Waals surface area contributed by atoms with Gasteiger partial charge in [0.25, 0.3) is 0 Å². The van der Waals surface area contributed by atoms with Gasteiger partial charge in [0.1, 0.15) is 5.82 Å². The molecule has 1 aromatic heterocycles. The van der Waals surface area contributed by atoms with Crippen LogP contribution in [0.2, 0.25) is 5.02 Å². The minimum absolute atomic E-state index is 0. The molecule has 1 atom stereocenters. The Bertz CT molecular complexity index is 701. The average Bonchev–Trinajstić information content (AvgIpc) is 3.06. The van der Waals surface area contributed by atoms with E-state index in [9.17, 15) is 17.6 Å². The van der Waals surface area contributed by atoms with Gasteiger partial charge in [0.05, 0.1) is 16.6 Å². The maximum atomic E-state index is 14.7. The van der Waals surface area contributed by atoms with Crippen molar-refractivity contribution in [2.24, 2.45) is 0 Å². The van der Waals surface area contributed by atoms with E-state index >= 15 is 0 Å². The first-order chi connectivity index (χ1) is 11.4. The summed E-state index contributed by atoms with van der Waals surface area (Å²) >= 11 is 7.12. The van der Waals surface area contributed by atoms with Gasteiger partial charge >= 0.3 is 6.18 Å². The highest BCUT2D eigenvalue weighted by molar-refractivity contribution is 7.10. The van der Waals surface area contributed by atoms with Crippen molar-refractivity contribution in [3.8, 4) is 0 Å². The Balaban J connectivity index is 0.00000225. The van der Waals surface area contributed by atoms with Crippen molar-refractivity contribution in [1.82, 2.24) is 10.2 Å². The summed E-state index contributed by atoms with van der Waals surface area (Å²) in [6.45, 7) is 2.36. The van der Waals surface area contributed by atoms with Crippen LogP contribution in [0, 0.1) is 5.82 Å². The lowest BCUT2D eigenvalue weighted by atomic mass is 9.96. The minimum atomic E-state index is -4.65. The Morgan fingerprint density at radius 3 is 2.40 bits per heavy atom. The second-order valence-corrected chi connectivity index (χ2v) is 6.91. The number of piperazine rings is 1. The van der Waals surface area contributed by atoms with Gasteiger partial charge in [0.15, 0.2) is 0 Å². The molecule has 2 aromatic rings. The molecule has 0 bridgehead atoms. The zero-order valence-electron chi connectivity index (χ0n) is 12.9. The fraction of sp³-hybridized carbons (Fsp3) is 0.375. The van der Waals surface area contributed by atoms with Crippen molar-refractivity contribution in [2.75, 3.05) is 26.2 Å². The number of hydrogen-bond acceptors (Lipinski definition) is 3. The Labute approximate surface area is 158 Å². The fourth-order valence-electron chi connectivity index (χ4n) is 2.97. The van der Waals surface area contributed by atoms with Crippen LogP contribution in [0.4, 0.5) is 17.6 Å². The molecule has 0 radical (unpaired) electrons. The number of nitrogens with zero attached hydrogens (tertiary/aromatic N) is 1. The SMILES string of the molecule is Cl.Fc1c(Cl)ccc(C(F)(F)F)c1[C@@H](c1cccs1)N1CCNCC1. The Kier molecular flexibility index (Phi) is 6.73. The summed E-state index contributed by atoms with van der Waals surface area (Å²) < 4.78 is 55.2. The van der Waals surface area contributed by atoms with Crippen molar-refractivity contribution >= 4 is 35.3 Å². The largest absolute Gasteiger partial charge is 0.416 e. The smallest absolute Gasteiger partial charge is 0.314 e. The Morgan fingerprint density at radius 1 is 1.16 bits per heavy atom. The third-order valence-electron chi connectivity index (χ3n) is 4.04. The molecule has 1 fully saturated rings. The van der Waals surface area contributed by atoms with Gasteiger partial charge in [0.2, 0.25) is 0 Å². The van der Waals surface area contributed by atoms with Crippen LogP contribution in [0.5, 0.6) is 0 Å². The van der Waals surface area contributed by atoms with E-state index in [0.717, 1.165) is 12.1 Å². The zero-order valence-corrected chi connectivity index (χ0v) is 15.3. The van der Waals surface area contributed by atoms with Crippen LogP contribution < -0.4 is 5.32 Å². The molecular weight excluding hydrogens is 399 g/mol. The molecular formula is C16H16Cl2F4N2S. The molecule has 1 aliphatic heterocycles. The van der Waals surface area contributed by atoms with Crippen LogP contribution in [-0.2, 0) is 6.18 Å². The molecule has 0 spiro atoms. The number of nitrogens with one attached hydrogen (secondary N) is 1. The summed E-state index contributed by atoms with van der Waals surface area (Å²) in [4.78, 5) is 2.54. The van der Waals surface area contributed by atoms with Gasteiger partial charge in [-0.15, -0.1) is 23.7 Å². The monoisotopic (exact) mass is 414 g/mol. The molecule has 1 saturated heterocycles. The molecule has 0 amide bonds. The topological polar surface area (TPSA) is 15.3 Å². The molecule has 0 aliphatic carbocycles. The lowest BCUT2D eigenvalue weighted by Crippen LogP contribution is -2.45. The molecule has 1 N–H and O–H groups in total. The predicted octanol–water partition coefficient (Wildman–Crippen LogP) is 4.98. The van der Waals surface area contributed by atoms with Crippen LogP contribution in [0.25, 0.3) is 0 Å². The number of halogens is 6. The molecule has 1 aliphatic rings. The maximum Gasteiger partial charge on any atom is 0.416 e. The highest BCUT2D eigenvalue weighted by atomic mass is 35.5. The molecule has 3 rings (SSSR count). The summed E-state index contributed by atoms with van der Waals surface area (Å²) in [6.07, 6.45) is -4.65. The number of benzene rings is 1. The van der Waals surface area contributed by atoms with Gasteiger partial charge in [0, 0.05) is 36.6 Å². The Hall–Kier alpha value is -0.860. The minimum Gasteiger partial charge on any atom is -0.314 e. The van der Waals surface area contributed by atoms with Crippen LogP contribution in [-0.4, -0.2) is 31.1 Å². The summed E-state index contributed by atoms with van der Waals surface area (Å²) in [5.41, 5.74) is -1.36. The van der Waals surface area contributed by atoms with Gasteiger partial charge in [-0.2, -0.15) is 13.2 Å². The van der Waals surface area contributed by atoms with Crippen LogP contribution >= 0.6 is 35.3 Å². The van der Waals surface area contributed by atoms with E-state index in [2.05, 4.69) is 5.32 Å². The lowest BCUT2D eigenvalue weighted by Gasteiger charge is -2.36. The molecule has 25 heavy (non-hydrogen) atoms. The van der Waals surface area contributed by atoms with E-state index in [1.165, 1.54) is 11.3 Å². The van der Waals surface area contributed by atoms with Gasteiger partial charge < -0.3 is 5.32 Å². The standard InChI is InChI=1S/C16H15ClF4N2S.ClH/c17-11-4-3-10(16(19,20)21)13(14(11)18)15(12-2-1-9-24-12)23-7-5-22-6-8-23;/h1-4,9,15,22H,5-8H2;1H/t15-;/m1./s1. The Morgan fingerprint density at radius 2 is 1.84 bits per heavy atom. The number of rotatable bonds is 3. The second kappa shape index (κ2) is 8.22. The fourth-order valence-corrected chi connectivity index (χ4v) is 4.00. The first-order valence-corrected chi connectivity index (χ1v) is 8.68. The van der Waals surface area contributed by atoms with Gasteiger partial charge in [-0.25, -0.2) is 4.39 Å². The van der Waals surface area contributed by atoms with E-state index in [0.29, 0.717) is 31.1 Å². The number of thiophene rings is 1. The van der Waals surface area contributed by atoms with Crippen molar-refractivity contribution in [3.05, 3.63) is 56.5 Å². The van der Waals surface area contributed by atoms with Gasteiger partial charge in [-0.3, -0.25) is 4.90 Å². The molecule has 1 aromatic carbocycles. The summed E-state index contributed by atoms with van der Waals surface area (Å²) in [5.74, 6) is -0.997. The summed E-state index contributed by atoms with van der Waals surface area (Å²) in [5, 5.41) is 4.64. The van der Waals surface area contributed by atoms with Crippen LogP contribution in [0.1, 0.15) is 22.0 Å².